The van der Waals surface area contributed by atoms with Crippen LogP contribution in [0.5, 0.6) is 5.75 Å². The first-order valence-electron chi connectivity index (χ1n) is 10.2. The summed E-state index contributed by atoms with van der Waals surface area (Å²) in [4.78, 5) is 37.6. The summed E-state index contributed by atoms with van der Waals surface area (Å²) >= 11 is 0. The van der Waals surface area contributed by atoms with Crippen molar-refractivity contribution in [2.24, 2.45) is 0 Å². The number of esters is 1. The van der Waals surface area contributed by atoms with Gasteiger partial charge in [-0.15, -0.1) is 0 Å². The molecule has 7 heteroatoms. The average molecular weight is 427 g/mol. The minimum atomic E-state index is -0.884. The molecule has 0 aromatic heterocycles. The first-order chi connectivity index (χ1) is 14.5. The largest absolute Gasteiger partial charge is 0.508 e. The third-order valence-corrected chi connectivity index (χ3v) is 4.36. The number of carbonyl (C=O) groups is 3. The van der Waals surface area contributed by atoms with Gasteiger partial charge in [-0.2, -0.15) is 0 Å². The van der Waals surface area contributed by atoms with Crippen molar-refractivity contribution in [3.8, 4) is 5.75 Å². The predicted molar refractivity (Wildman–Crippen MR) is 117 cm³/mol. The van der Waals surface area contributed by atoms with E-state index in [0.29, 0.717) is 5.56 Å². The molecular formula is C24H30N2O5. The fourth-order valence-corrected chi connectivity index (χ4v) is 2.87. The maximum atomic E-state index is 12.7. The number of nitrogens with one attached hydrogen (secondary N) is 2. The summed E-state index contributed by atoms with van der Waals surface area (Å²) < 4.78 is 5.46. The van der Waals surface area contributed by atoms with Crippen LogP contribution in [0, 0.1) is 0 Å². The first kappa shape index (κ1) is 23.9. The maximum absolute atomic E-state index is 12.7. The Bertz CT molecular complexity index is 888. The predicted octanol–water partition coefficient (Wildman–Crippen LogP) is 2.51. The summed E-state index contributed by atoms with van der Waals surface area (Å²) in [6.45, 7) is 6.84. The summed E-state index contributed by atoms with van der Waals surface area (Å²) in [6, 6.07) is 13.9. The van der Waals surface area contributed by atoms with Gasteiger partial charge in [0.2, 0.25) is 11.8 Å². The van der Waals surface area contributed by atoms with Gasteiger partial charge in [0.05, 0.1) is 6.42 Å². The quantitative estimate of drug-likeness (QED) is 0.563. The Hall–Kier alpha value is -3.35. The molecule has 2 aromatic rings. The standard InChI is InChI=1S/C24H30N2O5/c1-16(25-21(28)15-18-10-12-19(27)13-11-18)22(29)26-20(23(30)31-24(2,3)4)14-17-8-6-5-7-9-17/h5-13,16,20,27H,14-15H2,1-4H3,(H,25,28)(H,26,29)/t16-,20-/m0/s1. The molecule has 0 spiro atoms. The van der Waals surface area contributed by atoms with Crippen LogP contribution in [0.2, 0.25) is 0 Å². The second-order valence-electron chi connectivity index (χ2n) is 8.42. The molecule has 0 aliphatic carbocycles. The molecule has 3 N–H and O–H groups in total. The molecule has 2 amide bonds. The van der Waals surface area contributed by atoms with E-state index < -0.39 is 29.6 Å². The topological polar surface area (TPSA) is 105 Å². The van der Waals surface area contributed by atoms with Crippen molar-refractivity contribution >= 4 is 17.8 Å². The van der Waals surface area contributed by atoms with Gasteiger partial charge >= 0.3 is 5.97 Å². The Labute approximate surface area is 182 Å². The number of aromatic hydroxyl groups is 1. The van der Waals surface area contributed by atoms with Crippen LogP contribution in [0.1, 0.15) is 38.8 Å². The van der Waals surface area contributed by atoms with Crippen LogP contribution in [-0.4, -0.2) is 40.6 Å². The van der Waals surface area contributed by atoms with Crippen molar-refractivity contribution in [3.63, 3.8) is 0 Å². The maximum Gasteiger partial charge on any atom is 0.329 e. The molecule has 2 atom stereocenters. The SMILES string of the molecule is C[C@H](NC(=O)Cc1ccc(O)cc1)C(=O)N[C@@H](Cc1ccccc1)C(=O)OC(C)(C)C. The van der Waals surface area contributed by atoms with E-state index in [9.17, 15) is 19.5 Å². The van der Waals surface area contributed by atoms with Gasteiger partial charge in [-0.25, -0.2) is 4.79 Å². The van der Waals surface area contributed by atoms with Gasteiger partial charge in [-0.1, -0.05) is 42.5 Å². The monoisotopic (exact) mass is 426 g/mol. The zero-order chi connectivity index (χ0) is 23.0. The molecule has 31 heavy (non-hydrogen) atoms. The molecule has 166 valence electrons. The Morgan fingerprint density at radius 2 is 1.55 bits per heavy atom. The number of phenols is 1. The van der Waals surface area contributed by atoms with Gasteiger partial charge in [0.15, 0.2) is 0 Å². The molecule has 0 aliphatic rings. The number of phenolic OH excluding ortho intramolecular Hbond substituents is 1. The normalized spacial score (nSPS) is 13.0. The van der Waals surface area contributed by atoms with Gasteiger partial charge in [0, 0.05) is 6.42 Å². The smallest absolute Gasteiger partial charge is 0.329 e. The molecule has 0 radical (unpaired) electrons. The molecule has 0 aliphatic heterocycles. The lowest BCUT2D eigenvalue weighted by molar-refractivity contribution is -0.158. The summed E-state index contributed by atoms with van der Waals surface area (Å²) in [7, 11) is 0. The van der Waals surface area contributed by atoms with Crippen LogP contribution in [0.4, 0.5) is 0 Å². The number of rotatable bonds is 8. The van der Waals surface area contributed by atoms with Crippen molar-refractivity contribution in [3.05, 3.63) is 65.7 Å². The first-order valence-corrected chi connectivity index (χ1v) is 10.2. The lowest BCUT2D eigenvalue weighted by Crippen LogP contribution is -2.52. The highest BCUT2D eigenvalue weighted by atomic mass is 16.6. The number of ether oxygens (including phenoxy) is 1. The number of amides is 2. The molecule has 0 saturated carbocycles. The third kappa shape index (κ3) is 8.50. The van der Waals surface area contributed by atoms with Gasteiger partial charge in [-0.05, 0) is 51.0 Å². The van der Waals surface area contributed by atoms with Gasteiger partial charge in [-0.3, -0.25) is 9.59 Å². The molecule has 0 saturated heterocycles. The van der Waals surface area contributed by atoms with Crippen LogP contribution in [0.3, 0.4) is 0 Å². The van der Waals surface area contributed by atoms with Crippen LogP contribution in [0.25, 0.3) is 0 Å². The zero-order valence-electron chi connectivity index (χ0n) is 18.3. The second-order valence-corrected chi connectivity index (χ2v) is 8.42. The van der Waals surface area contributed by atoms with E-state index in [-0.39, 0.29) is 24.5 Å². The van der Waals surface area contributed by atoms with Gasteiger partial charge in [0.1, 0.15) is 23.4 Å². The van der Waals surface area contributed by atoms with Crippen molar-refractivity contribution in [1.29, 1.82) is 0 Å². The average Bonchev–Trinajstić information content (AvgIpc) is 2.68. The number of carbonyl (C=O) groups excluding carboxylic acids is 3. The Morgan fingerprint density at radius 3 is 2.13 bits per heavy atom. The highest BCUT2D eigenvalue weighted by Crippen LogP contribution is 2.12. The van der Waals surface area contributed by atoms with Crippen molar-refractivity contribution in [1.82, 2.24) is 10.6 Å². The van der Waals surface area contributed by atoms with Crippen LogP contribution in [-0.2, 0) is 32.0 Å². The fourth-order valence-electron chi connectivity index (χ4n) is 2.87. The summed E-state index contributed by atoms with van der Waals surface area (Å²) in [5.74, 6) is -1.24. The molecule has 7 nitrogen and oxygen atoms in total. The van der Waals surface area contributed by atoms with Crippen molar-refractivity contribution in [2.45, 2.75) is 58.2 Å². The van der Waals surface area contributed by atoms with E-state index in [2.05, 4.69) is 10.6 Å². The van der Waals surface area contributed by atoms with E-state index in [1.54, 1.807) is 39.8 Å². The zero-order valence-corrected chi connectivity index (χ0v) is 18.3. The summed E-state index contributed by atoms with van der Waals surface area (Å²) in [6.07, 6.45) is 0.340. The van der Waals surface area contributed by atoms with Crippen LogP contribution >= 0.6 is 0 Å². The third-order valence-electron chi connectivity index (χ3n) is 4.36. The van der Waals surface area contributed by atoms with E-state index in [1.807, 2.05) is 30.3 Å². The molecule has 0 heterocycles. The lowest BCUT2D eigenvalue weighted by Gasteiger charge is -2.25. The van der Waals surface area contributed by atoms with Crippen LogP contribution < -0.4 is 10.6 Å². The molecule has 2 rings (SSSR count). The van der Waals surface area contributed by atoms with Gasteiger partial charge < -0.3 is 20.5 Å². The Balaban J connectivity index is 2.00. The Morgan fingerprint density at radius 1 is 0.935 bits per heavy atom. The van der Waals surface area contributed by atoms with E-state index in [4.69, 9.17) is 4.74 Å². The van der Waals surface area contributed by atoms with Crippen molar-refractivity contribution < 1.29 is 24.2 Å². The number of hydrogen-bond donors (Lipinski definition) is 3. The van der Waals surface area contributed by atoms with E-state index >= 15 is 0 Å². The highest BCUT2D eigenvalue weighted by molar-refractivity contribution is 5.91. The second kappa shape index (κ2) is 10.6. The van der Waals surface area contributed by atoms with Gasteiger partial charge in [0.25, 0.3) is 0 Å². The number of hydrogen-bond acceptors (Lipinski definition) is 5. The molecule has 0 fully saturated rings. The summed E-state index contributed by atoms with van der Waals surface area (Å²) in [5.41, 5.74) is 0.891. The van der Waals surface area contributed by atoms with Crippen molar-refractivity contribution in [2.75, 3.05) is 0 Å². The highest BCUT2D eigenvalue weighted by Gasteiger charge is 2.28. The van der Waals surface area contributed by atoms with E-state index in [0.717, 1.165) is 5.56 Å². The fraction of sp³-hybridized carbons (Fsp3) is 0.375. The number of benzene rings is 2. The minimum Gasteiger partial charge on any atom is -0.508 e. The Kier molecular flexibility index (Phi) is 8.19. The minimum absolute atomic E-state index is 0.0669. The lowest BCUT2D eigenvalue weighted by atomic mass is 10.0. The molecular weight excluding hydrogens is 396 g/mol. The molecule has 2 aromatic carbocycles. The summed E-state index contributed by atoms with van der Waals surface area (Å²) in [5, 5.41) is 14.7. The molecule has 0 unspecified atom stereocenters. The molecule has 0 bridgehead atoms. The van der Waals surface area contributed by atoms with Crippen LogP contribution in [0.15, 0.2) is 54.6 Å². The van der Waals surface area contributed by atoms with E-state index in [1.165, 1.54) is 12.1 Å².